The van der Waals surface area contributed by atoms with Crippen LogP contribution in [0.1, 0.15) is 33.1 Å². The second-order valence-corrected chi connectivity index (χ2v) is 4.23. The molecule has 3 nitrogen and oxygen atoms in total. The summed E-state index contributed by atoms with van der Waals surface area (Å²) in [5, 5.41) is 0. The Bertz CT molecular complexity index is 180. The van der Waals surface area contributed by atoms with Gasteiger partial charge in [-0.15, -0.1) is 0 Å². The van der Waals surface area contributed by atoms with Gasteiger partial charge in [-0.2, -0.15) is 0 Å². The Labute approximate surface area is 79.6 Å². The van der Waals surface area contributed by atoms with Crippen molar-refractivity contribution < 1.29 is 9.53 Å². The van der Waals surface area contributed by atoms with Crippen molar-refractivity contribution in [2.75, 3.05) is 6.61 Å². The predicted molar refractivity (Wildman–Crippen MR) is 51.1 cm³/mol. The van der Waals surface area contributed by atoms with Gasteiger partial charge in [0.05, 0.1) is 12.5 Å². The summed E-state index contributed by atoms with van der Waals surface area (Å²) in [5.41, 5.74) is 5.79. The molecule has 0 amide bonds. The van der Waals surface area contributed by atoms with E-state index in [9.17, 15) is 4.79 Å². The average Bonchev–Trinajstić information content (AvgIpc) is 2.47. The van der Waals surface area contributed by atoms with Gasteiger partial charge in [0.25, 0.3) is 0 Å². The van der Waals surface area contributed by atoms with E-state index in [0.717, 1.165) is 19.3 Å². The van der Waals surface area contributed by atoms with E-state index < -0.39 is 0 Å². The first-order valence-corrected chi connectivity index (χ1v) is 5.03. The molecule has 0 aliphatic heterocycles. The van der Waals surface area contributed by atoms with Crippen molar-refractivity contribution in [3.63, 3.8) is 0 Å². The first-order valence-electron chi connectivity index (χ1n) is 5.03. The molecule has 1 rings (SSSR count). The second kappa shape index (κ2) is 4.61. The van der Waals surface area contributed by atoms with Crippen LogP contribution in [0.2, 0.25) is 0 Å². The number of carbonyl (C=O) groups is 1. The van der Waals surface area contributed by atoms with Crippen LogP contribution in [0.25, 0.3) is 0 Å². The lowest BCUT2D eigenvalue weighted by atomic mass is 10.1. The van der Waals surface area contributed by atoms with Crippen molar-refractivity contribution in [3.8, 4) is 0 Å². The molecule has 2 N–H and O–H groups in total. The maximum absolute atomic E-state index is 11.5. The summed E-state index contributed by atoms with van der Waals surface area (Å²) in [5.74, 6) is 0.263. The lowest BCUT2D eigenvalue weighted by Crippen LogP contribution is -2.32. The van der Waals surface area contributed by atoms with Gasteiger partial charge in [0.1, 0.15) is 0 Å². The van der Waals surface area contributed by atoms with Crippen molar-refractivity contribution in [2.24, 2.45) is 17.6 Å². The maximum atomic E-state index is 11.5. The molecule has 0 bridgehead atoms. The normalized spacial score (nSPS) is 28.0. The zero-order chi connectivity index (χ0) is 9.84. The zero-order valence-electron chi connectivity index (χ0n) is 8.45. The summed E-state index contributed by atoms with van der Waals surface area (Å²) in [7, 11) is 0. The summed E-state index contributed by atoms with van der Waals surface area (Å²) >= 11 is 0. The highest BCUT2D eigenvalue weighted by Crippen LogP contribution is 2.25. The lowest BCUT2D eigenvalue weighted by Gasteiger charge is -2.15. The Kier molecular flexibility index (Phi) is 3.72. The average molecular weight is 185 g/mol. The molecule has 1 aliphatic rings. The van der Waals surface area contributed by atoms with Crippen molar-refractivity contribution in [3.05, 3.63) is 0 Å². The standard InChI is InChI=1S/C10H19NO2/c1-7(2)6-13-10(12)8-4-3-5-9(8)11/h7-9H,3-6,11H2,1-2H3. The van der Waals surface area contributed by atoms with Crippen LogP contribution in [-0.2, 0) is 9.53 Å². The minimum absolute atomic E-state index is 0.0275. The van der Waals surface area contributed by atoms with E-state index in [1.54, 1.807) is 0 Å². The molecule has 1 aliphatic carbocycles. The molecule has 2 atom stereocenters. The molecule has 76 valence electrons. The quantitative estimate of drug-likeness (QED) is 0.674. The van der Waals surface area contributed by atoms with Gasteiger partial charge in [0.2, 0.25) is 0 Å². The van der Waals surface area contributed by atoms with Crippen LogP contribution >= 0.6 is 0 Å². The molecule has 0 aromatic heterocycles. The summed E-state index contributed by atoms with van der Waals surface area (Å²) in [4.78, 5) is 11.5. The summed E-state index contributed by atoms with van der Waals surface area (Å²) in [6.07, 6.45) is 2.92. The fourth-order valence-electron chi connectivity index (χ4n) is 1.64. The maximum Gasteiger partial charge on any atom is 0.310 e. The number of rotatable bonds is 3. The Morgan fingerprint density at radius 1 is 1.54 bits per heavy atom. The first kappa shape index (κ1) is 10.5. The lowest BCUT2D eigenvalue weighted by molar-refractivity contribution is -0.149. The van der Waals surface area contributed by atoms with Crippen LogP contribution in [-0.4, -0.2) is 18.6 Å². The van der Waals surface area contributed by atoms with Crippen LogP contribution in [0.5, 0.6) is 0 Å². The predicted octanol–water partition coefficient (Wildman–Crippen LogP) is 1.31. The smallest absolute Gasteiger partial charge is 0.310 e. The van der Waals surface area contributed by atoms with Crippen LogP contribution in [0.15, 0.2) is 0 Å². The Morgan fingerprint density at radius 3 is 2.69 bits per heavy atom. The highest BCUT2D eigenvalue weighted by Gasteiger charge is 2.31. The van der Waals surface area contributed by atoms with E-state index in [2.05, 4.69) is 0 Å². The summed E-state index contributed by atoms with van der Waals surface area (Å²) < 4.78 is 5.14. The number of esters is 1. The van der Waals surface area contributed by atoms with Crippen LogP contribution < -0.4 is 5.73 Å². The van der Waals surface area contributed by atoms with Gasteiger partial charge in [-0.05, 0) is 18.8 Å². The molecule has 13 heavy (non-hydrogen) atoms. The van der Waals surface area contributed by atoms with E-state index in [1.165, 1.54) is 0 Å². The van der Waals surface area contributed by atoms with Gasteiger partial charge >= 0.3 is 5.97 Å². The summed E-state index contributed by atoms with van der Waals surface area (Å²) in [6, 6.07) is 0.0275. The van der Waals surface area contributed by atoms with Gasteiger partial charge in [0.15, 0.2) is 0 Å². The highest BCUT2D eigenvalue weighted by molar-refractivity contribution is 5.73. The molecule has 3 heteroatoms. The third-order valence-corrected chi connectivity index (χ3v) is 2.43. The topological polar surface area (TPSA) is 52.3 Å². The second-order valence-electron chi connectivity index (χ2n) is 4.23. The van der Waals surface area contributed by atoms with E-state index >= 15 is 0 Å². The molecule has 0 saturated heterocycles. The molecule has 0 aromatic carbocycles. The van der Waals surface area contributed by atoms with Crippen molar-refractivity contribution in [2.45, 2.75) is 39.2 Å². The minimum atomic E-state index is -0.0984. The molecular formula is C10H19NO2. The highest BCUT2D eigenvalue weighted by atomic mass is 16.5. The van der Waals surface area contributed by atoms with Crippen molar-refractivity contribution in [1.82, 2.24) is 0 Å². The van der Waals surface area contributed by atoms with Crippen LogP contribution in [0.3, 0.4) is 0 Å². The number of carbonyl (C=O) groups excluding carboxylic acids is 1. The zero-order valence-corrected chi connectivity index (χ0v) is 8.45. The molecule has 1 fully saturated rings. The van der Waals surface area contributed by atoms with E-state index in [4.69, 9.17) is 10.5 Å². The Balaban J connectivity index is 2.30. The largest absolute Gasteiger partial charge is 0.465 e. The third-order valence-electron chi connectivity index (χ3n) is 2.43. The van der Waals surface area contributed by atoms with Crippen molar-refractivity contribution in [1.29, 1.82) is 0 Å². The first-order chi connectivity index (χ1) is 6.11. The fraction of sp³-hybridized carbons (Fsp3) is 0.900. The van der Waals surface area contributed by atoms with E-state index in [-0.39, 0.29) is 17.9 Å². The van der Waals surface area contributed by atoms with Crippen LogP contribution in [0.4, 0.5) is 0 Å². The molecule has 0 spiro atoms. The fourth-order valence-corrected chi connectivity index (χ4v) is 1.64. The summed E-state index contributed by atoms with van der Waals surface area (Å²) in [6.45, 7) is 4.58. The molecule has 0 aromatic rings. The Morgan fingerprint density at radius 2 is 2.23 bits per heavy atom. The van der Waals surface area contributed by atoms with Gasteiger partial charge in [-0.3, -0.25) is 4.79 Å². The monoisotopic (exact) mass is 185 g/mol. The minimum Gasteiger partial charge on any atom is -0.465 e. The molecule has 1 saturated carbocycles. The number of hydrogen-bond donors (Lipinski definition) is 1. The molecule has 0 radical (unpaired) electrons. The number of hydrogen-bond acceptors (Lipinski definition) is 3. The molecular weight excluding hydrogens is 166 g/mol. The van der Waals surface area contributed by atoms with Gasteiger partial charge < -0.3 is 10.5 Å². The van der Waals surface area contributed by atoms with E-state index in [0.29, 0.717) is 12.5 Å². The third kappa shape index (κ3) is 2.99. The SMILES string of the molecule is CC(C)COC(=O)C1CCCC1N. The van der Waals surface area contributed by atoms with Gasteiger partial charge in [-0.1, -0.05) is 20.3 Å². The van der Waals surface area contributed by atoms with Gasteiger partial charge in [0, 0.05) is 6.04 Å². The number of nitrogens with two attached hydrogens (primary N) is 1. The van der Waals surface area contributed by atoms with E-state index in [1.807, 2.05) is 13.8 Å². The number of ether oxygens (including phenoxy) is 1. The van der Waals surface area contributed by atoms with Crippen LogP contribution in [0, 0.1) is 11.8 Å². The molecule has 0 heterocycles. The Hall–Kier alpha value is -0.570. The molecule has 2 unspecified atom stereocenters. The van der Waals surface area contributed by atoms with Gasteiger partial charge in [-0.25, -0.2) is 0 Å². The van der Waals surface area contributed by atoms with Crippen molar-refractivity contribution >= 4 is 5.97 Å².